The molecule has 1 aromatic carbocycles. The fourth-order valence-electron chi connectivity index (χ4n) is 3.56. The van der Waals surface area contributed by atoms with Crippen molar-refractivity contribution in [3.8, 4) is 0 Å². The minimum absolute atomic E-state index is 0.193. The first-order chi connectivity index (χ1) is 12.2. The van der Waals surface area contributed by atoms with Crippen molar-refractivity contribution in [2.24, 2.45) is 0 Å². The van der Waals surface area contributed by atoms with E-state index in [2.05, 4.69) is 38.1 Å². The standard InChI is InChI=1S/C20H22N2OS2/c1-3-14-11-18(24-13(14)2)20(23)22-10-6-7-15(12-22)19-21-16-8-4-5-9-17(16)25-19/h4-5,8-9,11,15H,3,6-7,10,12H2,1-2H3/t15-/m0/s1. The van der Waals surface area contributed by atoms with Gasteiger partial charge >= 0.3 is 0 Å². The van der Waals surface area contributed by atoms with Crippen LogP contribution in [0.15, 0.2) is 30.3 Å². The Morgan fingerprint density at radius 2 is 2.16 bits per heavy atom. The molecule has 1 saturated heterocycles. The zero-order chi connectivity index (χ0) is 17.4. The second kappa shape index (κ2) is 6.89. The van der Waals surface area contributed by atoms with Crippen LogP contribution < -0.4 is 0 Å². The number of thiophene rings is 1. The number of thiazole rings is 1. The van der Waals surface area contributed by atoms with E-state index in [0.29, 0.717) is 5.92 Å². The number of hydrogen-bond acceptors (Lipinski definition) is 4. The lowest BCUT2D eigenvalue weighted by atomic mass is 9.98. The molecular formula is C20H22N2OS2. The molecule has 3 nitrogen and oxygen atoms in total. The number of aryl methyl sites for hydroxylation is 2. The lowest BCUT2D eigenvalue weighted by molar-refractivity contribution is 0.0712. The van der Waals surface area contributed by atoms with E-state index in [1.54, 1.807) is 22.7 Å². The molecule has 25 heavy (non-hydrogen) atoms. The molecule has 0 radical (unpaired) electrons. The van der Waals surface area contributed by atoms with Gasteiger partial charge in [-0.3, -0.25) is 4.79 Å². The number of nitrogens with zero attached hydrogens (tertiary/aromatic N) is 2. The molecule has 3 heterocycles. The number of fused-ring (bicyclic) bond motifs is 1. The van der Waals surface area contributed by atoms with Gasteiger partial charge in [0.25, 0.3) is 5.91 Å². The molecule has 0 aliphatic carbocycles. The highest BCUT2D eigenvalue weighted by Gasteiger charge is 2.28. The van der Waals surface area contributed by atoms with Gasteiger partial charge in [0.05, 0.1) is 20.1 Å². The quantitative estimate of drug-likeness (QED) is 0.631. The maximum absolute atomic E-state index is 12.9. The monoisotopic (exact) mass is 370 g/mol. The van der Waals surface area contributed by atoms with E-state index in [9.17, 15) is 4.79 Å². The van der Waals surface area contributed by atoms with Gasteiger partial charge in [0, 0.05) is 23.9 Å². The van der Waals surface area contributed by atoms with E-state index < -0.39 is 0 Å². The van der Waals surface area contributed by atoms with Crippen LogP contribution in [-0.4, -0.2) is 28.9 Å². The summed E-state index contributed by atoms with van der Waals surface area (Å²) in [5, 5.41) is 1.18. The number of piperidine rings is 1. The Labute approximate surface area is 156 Å². The van der Waals surface area contributed by atoms with Gasteiger partial charge in [-0.05, 0) is 49.9 Å². The van der Waals surface area contributed by atoms with Crippen molar-refractivity contribution in [1.82, 2.24) is 9.88 Å². The minimum Gasteiger partial charge on any atom is -0.337 e. The molecule has 2 aromatic heterocycles. The van der Waals surface area contributed by atoms with Crippen LogP contribution in [0.4, 0.5) is 0 Å². The van der Waals surface area contributed by atoms with Gasteiger partial charge < -0.3 is 4.90 Å². The number of benzene rings is 1. The van der Waals surface area contributed by atoms with Crippen LogP contribution in [0.1, 0.15) is 50.8 Å². The summed E-state index contributed by atoms with van der Waals surface area (Å²) in [6, 6.07) is 10.4. The van der Waals surface area contributed by atoms with Gasteiger partial charge in [-0.15, -0.1) is 22.7 Å². The van der Waals surface area contributed by atoms with Gasteiger partial charge in [-0.1, -0.05) is 19.1 Å². The third-order valence-electron chi connectivity index (χ3n) is 4.98. The summed E-state index contributed by atoms with van der Waals surface area (Å²) in [6.07, 6.45) is 3.16. The summed E-state index contributed by atoms with van der Waals surface area (Å²) < 4.78 is 1.24. The molecule has 3 aromatic rings. The van der Waals surface area contributed by atoms with E-state index in [1.807, 2.05) is 11.0 Å². The molecule has 5 heteroatoms. The van der Waals surface area contributed by atoms with Crippen molar-refractivity contribution in [2.45, 2.75) is 39.0 Å². The summed E-state index contributed by atoms with van der Waals surface area (Å²) >= 11 is 3.41. The van der Waals surface area contributed by atoms with Crippen molar-refractivity contribution in [3.63, 3.8) is 0 Å². The molecule has 0 N–H and O–H groups in total. The first-order valence-corrected chi connectivity index (χ1v) is 10.5. The summed E-state index contributed by atoms with van der Waals surface area (Å²) in [7, 11) is 0. The number of hydrogen-bond donors (Lipinski definition) is 0. The van der Waals surface area contributed by atoms with Crippen LogP contribution in [0.3, 0.4) is 0 Å². The number of carbonyl (C=O) groups excluding carboxylic acids is 1. The molecule has 0 saturated carbocycles. The SMILES string of the molecule is CCc1cc(C(=O)N2CCC[C@H](c3nc4ccccc4s3)C2)sc1C. The Hall–Kier alpha value is -1.72. The molecular weight excluding hydrogens is 348 g/mol. The molecule has 1 fully saturated rings. The molecule has 130 valence electrons. The Morgan fingerprint density at radius 1 is 1.32 bits per heavy atom. The molecule has 1 atom stereocenters. The minimum atomic E-state index is 0.193. The highest BCUT2D eigenvalue weighted by molar-refractivity contribution is 7.18. The molecule has 1 amide bonds. The summed E-state index contributed by atoms with van der Waals surface area (Å²) in [5.41, 5.74) is 2.38. The number of para-hydroxylation sites is 1. The number of carbonyl (C=O) groups is 1. The van der Waals surface area contributed by atoms with Crippen LogP contribution in [0.2, 0.25) is 0 Å². The van der Waals surface area contributed by atoms with Crippen LogP contribution in [0.25, 0.3) is 10.2 Å². The van der Waals surface area contributed by atoms with E-state index in [1.165, 1.54) is 20.1 Å². The van der Waals surface area contributed by atoms with Crippen molar-refractivity contribution in [1.29, 1.82) is 0 Å². The van der Waals surface area contributed by atoms with Crippen molar-refractivity contribution in [3.05, 3.63) is 50.7 Å². The Bertz CT molecular complexity index is 878. The van der Waals surface area contributed by atoms with Crippen LogP contribution >= 0.6 is 22.7 Å². The second-order valence-corrected chi connectivity index (χ2v) is 8.97. The average Bonchev–Trinajstić information content (AvgIpc) is 3.24. The van der Waals surface area contributed by atoms with Crippen LogP contribution in [0.5, 0.6) is 0 Å². The highest BCUT2D eigenvalue weighted by atomic mass is 32.1. The Morgan fingerprint density at radius 3 is 2.92 bits per heavy atom. The molecule has 1 aliphatic rings. The van der Waals surface area contributed by atoms with E-state index in [0.717, 1.165) is 42.7 Å². The van der Waals surface area contributed by atoms with Gasteiger partial charge in [0.1, 0.15) is 0 Å². The number of likely N-dealkylation sites (tertiary alicyclic amines) is 1. The number of amides is 1. The van der Waals surface area contributed by atoms with Gasteiger partial charge in [-0.25, -0.2) is 4.98 Å². The number of aromatic nitrogens is 1. The molecule has 0 unspecified atom stereocenters. The molecule has 1 aliphatic heterocycles. The van der Waals surface area contributed by atoms with Crippen molar-refractivity contribution < 1.29 is 4.79 Å². The fourth-order valence-corrected chi connectivity index (χ4v) is 5.73. The lowest BCUT2D eigenvalue weighted by Crippen LogP contribution is -2.38. The smallest absolute Gasteiger partial charge is 0.263 e. The lowest BCUT2D eigenvalue weighted by Gasteiger charge is -2.31. The largest absolute Gasteiger partial charge is 0.337 e. The summed E-state index contributed by atoms with van der Waals surface area (Å²) in [5.74, 6) is 0.556. The first-order valence-electron chi connectivity index (χ1n) is 8.89. The predicted octanol–water partition coefficient (Wildman–Crippen LogP) is 5.25. The first kappa shape index (κ1) is 16.7. The van der Waals surface area contributed by atoms with Gasteiger partial charge in [-0.2, -0.15) is 0 Å². The van der Waals surface area contributed by atoms with Gasteiger partial charge in [0.2, 0.25) is 0 Å². The van der Waals surface area contributed by atoms with Crippen molar-refractivity contribution >= 4 is 38.8 Å². The summed E-state index contributed by atoms with van der Waals surface area (Å²) in [4.78, 5) is 22.0. The zero-order valence-corrected chi connectivity index (χ0v) is 16.3. The topological polar surface area (TPSA) is 33.2 Å². The molecule has 0 bridgehead atoms. The van der Waals surface area contributed by atoms with Crippen LogP contribution in [-0.2, 0) is 6.42 Å². The predicted molar refractivity (Wildman–Crippen MR) is 106 cm³/mol. The van der Waals surface area contributed by atoms with E-state index >= 15 is 0 Å². The van der Waals surface area contributed by atoms with Crippen LogP contribution in [0, 0.1) is 6.92 Å². The third kappa shape index (κ3) is 3.23. The van der Waals surface area contributed by atoms with E-state index in [-0.39, 0.29) is 5.91 Å². The maximum atomic E-state index is 12.9. The van der Waals surface area contributed by atoms with E-state index in [4.69, 9.17) is 4.98 Å². The number of rotatable bonds is 3. The second-order valence-electron chi connectivity index (χ2n) is 6.66. The van der Waals surface area contributed by atoms with Crippen molar-refractivity contribution in [2.75, 3.05) is 13.1 Å². The fraction of sp³-hybridized carbons (Fsp3) is 0.400. The maximum Gasteiger partial charge on any atom is 0.263 e. The van der Waals surface area contributed by atoms with Gasteiger partial charge in [0.15, 0.2) is 0 Å². The zero-order valence-electron chi connectivity index (χ0n) is 14.6. The molecule has 4 rings (SSSR count). The summed E-state index contributed by atoms with van der Waals surface area (Å²) in [6.45, 7) is 5.91. The highest BCUT2D eigenvalue weighted by Crippen LogP contribution is 2.34. The Balaban J connectivity index is 1.54. The third-order valence-corrected chi connectivity index (χ3v) is 7.26. The normalized spacial score (nSPS) is 18.0. The molecule has 0 spiro atoms. The Kier molecular flexibility index (Phi) is 4.61. The average molecular weight is 371 g/mol.